The van der Waals surface area contributed by atoms with Crippen molar-refractivity contribution in [1.29, 1.82) is 0 Å². The van der Waals surface area contributed by atoms with Crippen molar-refractivity contribution in [2.24, 2.45) is 11.8 Å². The zero-order chi connectivity index (χ0) is 15.3. The van der Waals surface area contributed by atoms with Crippen molar-refractivity contribution < 1.29 is 19.4 Å². The lowest BCUT2D eigenvalue weighted by molar-refractivity contribution is -0.129. The van der Waals surface area contributed by atoms with E-state index in [4.69, 9.17) is 9.84 Å². The molecule has 1 aliphatic rings. The summed E-state index contributed by atoms with van der Waals surface area (Å²) in [5, 5.41) is 8.89. The van der Waals surface area contributed by atoms with E-state index in [-0.39, 0.29) is 35.5 Å². The first kappa shape index (κ1) is 17.3. The molecule has 1 N–H and O–H groups in total. The maximum absolute atomic E-state index is 11.9. The van der Waals surface area contributed by atoms with E-state index in [0.717, 1.165) is 0 Å². The second kappa shape index (κ2) is 7.86. The Morgan fingerprint density at radius 2 is 1.80 bits per heavy atom. The average molecular weight is 285 g/mol. The molecule has 0 spiro atoms. The van der Waals surface area contributed by atoms with Crippen molar-refractivity contribution in [3.05, 3.63) is 0 Å². The number of carbonyl (C=O) groups is 2. The number of rotatable bonds is 7. The van der Waals surface area contributed by atoms with Crippen LogP contribution in [0.25, 0.3) is 0 Å². The van der Waals surface area contributed by atoms with Gasteiger partial charge in [0, 0.05) is 30.3 Å². The fourth-order valence-corrected chi connectivity index (χ4v) is 2.47. The van der Waals surface area contributed by atoms with Gasteiger partial charge in [0.2, 0.25) is 0 Å². The number of morpholine rings is 1. The Morgan fingerprint density at radius 1 is 1.20 bits per heavy atom. The van der Waals surface area contributed by atoms with Crippen LogP contribution in [-0.4, -0.2) is 60.5 Å². The molecule has 0 aromatic rings. The molecule has 20 heavy (non-hydrogen) atoms. The normalized spacial score (nSPS) is 25.7. The number of ketones is 2. The fourth-order valence-electron chi connectivity index (χ4n) is 2.47. The van der Waals surface area contributed by atoms with Crippen molar-refractivity contribution in [2.75, 3.05) is 26.9 Å². The third kappa shape index (κ3) is 4.65. The first-order chi connectivity index (χ1) is 9.36. The van der Waals surface area contributed by atoms with E-state index in [1.807, 2.05) is 27.8 Å². The van der Waals surface area contributed by atoms with E-state index in [0.29, 0.717) is 26.1 Å². The molecule has 0 aromatic carbocycles. The second-order valence-electron chi connectivity index (χ2n) is 6.10. The third-order valence-corrected chi connectivity index (χ3v) is 4.18. The van der Waals surface area contributed by atoms with Gasteiger partial charge in [-0.1, -0.05) is 20.8 Å². The predicted molar refractivity (Wildman–Crippen MR) is 76.5 cm³/mol. The largest absolute Gasteiger partial charge is 0.389 e. The maximum atomic E-state index is 11.9. The Bertz CT molecular complexity index is 343. The summed E-state index contributed by atoms with van der Waals surface area (Å²) in [7, 11) is 1.99. The minimum atomic E-state index is -0.409. The number of hydrogen-bond donors (Lipinski definition) is 1. The second-order valence-corrected chi connectivity index (χ2v) is 6.10. The van der Waals surface area contributed by atoms with Gasteiger partial charge in [-0.05, 0) is 13.5 Å². The van der Waals surface area contributed by atoms with Crippen LogP contribution in [0, 0.1) is 11.8 Å². The molecular formula is C15H27NO4. The molecule has 0 aliphatic carbocycles. The molecule has 1 fully saturated rings. The van der Waals surface area contributed by atoms with Gasteiger partial charge in [0.15, 0.2) is 5.78 Å². The number of ether oxygens (including phenoxy) is 1. The molecule has 1 heterocycles. The molecule has 0 saturated carbocycles. The number of Topliss-reactive ketones (excluding diaryl/α,β-unsaturated/α-hetero) is 2. The lowest BCUT2D eigenvalue weighted by Crippen LogP contribution is -2.51. The molecule has 1 aliphatic heterocycles. The summed E-state index contributed by atoms with van der Waals surface area (Å²) in [5.74, 6) is -0.0429. The average Bonchev–Trinajstić information content (AvgIpc) is 2.41. The highest BCUT2D eigenvalue weighted by Gasteiger charge is 2.32. The van der Waals surface area contributed by atoms with Crippen molar-refractivity contribution in [1.82, 2.24) is 4.90 Å². The lowest BCUT2D eigenvalue weighted by Gasteiger charge is -2.40. The van der Waals surface area contributed by atoms with Crippen molar-refractivity contribution in [3.63, 3.8) is 0 Å². The molecule has 1 rings (SSSR count). The van der Waals surface area contributed by atoms with E-state index >= 15 is 0 Å². The molecule has 0 aromatic heterocycles. The van der Waals surface area contributed by atoms with Crippen LogP contribution in [0.2, 0.25) is 0 Å². The van der Waals surface area contributed by atoms with Gasteiger partial charge >= 0.3 is 0 Å². The minimum absolute atomic E-state index is 0.0404. The minimum Gasteiger partial charge on any atom is -0.389 e. The van der Waals surface area contributed by atoms with Gasteiger partial charge in [0.25, 0.3) is 0 Å². The highest BCUT2D eigenvalue weighted by atomic mass is 16.5. The number of carbonyl (C=O) groups excluding carboxylic acids is 2. The van der Waals surface area contributed by atoms with Gasteiger partial charge in [-0.15, -0.1) is 0 Å². The Balaban J connectivity index is 2.57. The van der Waals surface area contributed by atoms with Crippen LogP contribution in [0.4, 0.5) is 0 Å². The van der Waals surface area contributed by atoms with Crippen LogP contribution in [0.15, 0.2) is 0 Å². The summed E-state index contributed by atoms with van der Waals surface area (Å²) in [6, 6.07) is 0.208. The molecular weight excluding hydrogens is 258 g/mol. The Labute approximate surface area is 121 Å². The van der Waals surface area contributed by atoms with Crippen LogP contribution >= 0.6 is 0 Å². The van der Waals surface area contributed by atoms with E-state index in [1.165, 1.54) is 0 Å². The molecule has 3 unspecified atom stereocenters. The Morgan fingerprint density at radius 3 is 2.35 bits per heavy atom. The Kier molecular flexibility index (Phi) is 6.79. The van der Waals surface area contributed by atoms with Crippen molar-refractivity contribution in [2.45, 2.75) is 45.7 Å². The summed E-state index contributed by atoms with van der Waals surface area (Å²) >= 11 is 0. The number of nitrogens with zero attached hydrogens (tertiary/aromatic N) is 1. The standard InChI is InChI=1S/C15H27NO4/c1-10(2)14(18)6-13-9-20-8-12(16(13)4)5-11(3)15(19)7-17/h10-13,17H,5-9H2,1-4H3. The van der Waals surface area contributed by atoms with Crippen LogP contribution in [0.1, 0.15) is 33.6 Å². The Hall–Kier alpha value is -0.780. The van der Waals surface area contributed by atoms with Crippen LogP contribution in [-0.2, 0) is 14.3 Å². The highest BCUT2D eigenvalue weighted by Crippen LogP contribution is 2.21. The van der Waals surface area contributed by atoms with Crippen molar-refractivity contribution >= 4 is 11.6 Å². The highest BCUT2D eigenvalue weighted by molar-refractivity contribution is 5.81. The van der Waals surface area contributed by atoms with Gasteiger partial charge in [-0.2, -0.15) is 0 Å². The maximum Gasteiger partial charge on any atom is 0.161 e. The monoisotopic (exact) mass is 285 g/mol. The van der Waals surface area contributed by atoms with Crippen LogP contribution < -0.4 is 0 Å². The molecule has 5 nitrogen and oxygen atoms in total. The van der Waals surface area contributed by atoms with Crippen molar-refractivity contribution in [3.8, 4) is 0 Å². The first-order valence-corrected chi connectivity index (χ1v) is 7.32. The van der Waals surface area contributed by atoms with E-state index < -0.39 is 6.61 Å². The summed E-state index contributed by atoms with van der Waals surface area (Å²) < 4.78 is 5.59. The van der Waals surface area contributed by atoms with Gasteiger partial charge in [-0.3, -0.25) is 14.5 Å². The fraction of sp³-hybridized carbons (Fsp3) is 0.867. The number of hydrogen-bond acceptors (Lipinski definition) is 5. The quantitative estimate of drug-likeness (QED) is 0.752. The van der Waals surface area contributed by atoms with Gasteiger partial charge in [0.05, 0.1) is 13.2 Å². The molecule has 0 amide bonds. The van der Waals surface area contributed by atoms with E-state index in [9.17, 15) is 9.59 Å². The number of aliphatic hydroxyl groups is 1. The molecule has 0 bridgehead atoms. The topological polar surface area (TPSA) is 66.8 Å². The molecule has 5 heteroatoms. The van der Waals surface area contributed by atoms with Crippen LogP contribution in [0.3, 0.4) is 0 Å². The molecule has 1 saturated heterocycles. The molecule has 0 radical (unpaired) electrons. The SMILES string of the molecule is CC(C)C(=O)CC1COCC(CC(C)C(=O)CO)N1C. The van der Waals surface area contributed by atoms with Crippen LogP contribution in [0.5, 0.6) is 0 Å². The first-order valence-electron chi connectivity index (χ1n) is 7.32. The number of aliphatic hydroxyl groups excluding tert-OH is 1. The summed E-state index contributed by atoms with van der Waals surface area (Å²) in [4.78, 5) is 25.5. The van der Waals surface area contributed by atoms with E-state index in [1.54, 1.807) is 0 Å². The van der Waals surface area contributed by atoms with E-state index in [2.05, 4.69) is 4.90 Å². The molecule has 116 valence electrons. The molecule has 3 atom stereocenters. The van der Waals surface area contributed by atoms with Gasteiger partial charge < -0.3 is 9.84 Å². The summed E-state index contributed by atoms with van der Waals surface area (Å²) in [5.41, 5.74) is 0. The predicted octanol–water partition coefficient (Wildman–Crippen LogP) is 0.888. The zero-order valence-corrected chi connectivity index (χ0v) is 13.0. The number of likely N-dealkylation sites (N-methyl/N-ethyl adjacent to an activating group) is 1. The lowest BCUT2D eigenvalue weighted by atomic mass is 9.94. The third-order valence-electron chi connectivity index (χ3n) is 4.18. The van der Waals surface area contributed by atoms with Gasteiger partial charge in [0.1, 0.15) is 12.4 Å². The smallest absolute Gasteiger partial charge is 0.161 e. The summed E-state index contributed by atoms with van der Waals surface area (Å²) in [6.07, 6.45) is 1.15. The zero-order valence-electron chi connectivity index (χ0n) is 13.0. The summed E-state index contributed by atoms with van der Waals surface area (Å²) in [6.45, 7) is 6.37. The van der Waals surface area contributed by atoms with Gasteiger partial charge in [-0.25, -0.2) is 0 Å².